The Morgan fingerprint density at radius 2 is 1.63 bits per heavy atom. The van der Waals surface area contributed by atoms with Crippen LogP contribution < -0.4 is 30.7 Å². The molecule has 2 aromatic rings. The standard InChI is InChI=1S/C22H31N5O3/c1-6-23-21(26-18-11-12-19(29-4)20(13-18)30-5)24-14-16-7-9-17(10-8-16)27-22(28)25-15(2)3/h7-13,15H,6,14H2,1-5H3,(H2,23,24,26)(H2,25,27,28). The lowest BCUT2D eigenvalue weighted by molar-refractivity contribution is 0.250. The normalized spacial score (nSPS) is 11.1. The van der Waals surface area contributed by atoms with Gasteiger partial charge in [0.05, 0.1) is 20.8 Å². The van der Waals surface area contributed by atoms with E-state index in [0.717, 1.165) is 23.5 Å². The van der Waals surface area contributed by atoms with Crippen molar-refractivity contribution in [3.05, 3.63) is 48.0 Å². The molecule has 0 aromatic heterocycles. The van der Waals surface area contributed by atoms with Crippen LogP contribution in [0.25, 0.3) is 0 Å². The molecule has 0 radical (unpaired) electrons. The topological polar surface area (TPSA) is 96.0 Å². The van der Waals surface area contributed by atoms with Crippen LogP contribution in [0.4, 0.5) is 16.2 Å². The number of carbonyl (C=O) groups is 1. The van der Waals surface area contributed by atoms with Crippen molar-refractivity contribution in [1.82, 2.24) is 10.6 Å². The van der Waals surface area contributed by atoms with E-state index in [1.54, 1.807) is 14.2 Å². The molecule has 2 aromatic carbocycles. The zero-order valence-electron chi connectivity index (χ0n) is 18.2. The maximum absolute atomic E-state index is 11.8. The van der Waals surface area contributed by atoms with Crippen molar-refractivity contribution in [2.75, 3.05) is 31.4 Å². The van der Waals surface area contributed by atoms with Gasteiger partial charge >= 0.3 is 6.03 Å². The summed E-state index contributed by atoms with van der Waals surface area (Å²) in [7, 11) is 3.21. The van der Waals surface area contributed by atoms with Gasteiger partial charge in [-0.15, -0.1) is 0 Å². The number of urea groups is 1. The summed E-state index contributed by atoms with van der Waals surface area (Å²) in [5, 5.41) is 12.1. The van der Waals surface area contributed by atoms with E-state index in [-0.39, 0.29) is 12.1 Å². The van der Waals surface area contributed by atoms with Crippen LogP contribution in [0.1, 0.15) is 26.3 Å². The number of hydrogen-bond donors (Lipinski definition) is 4. The minimum Gasteiger partial charge on any atom is -0.493 e. The van der Waals surface area contributed by atoms with E-state index in [9.17, 15) is 4.79 Å². The molecule has 0 atom stereocenters. The molecule has 0 spiro atoms. The first kappa shape index (κ1) is 22.9. The smallest absolute Gasteiger partial charge is 0.319 e. The molecule has 0 aliphatic rings. The lowest BCUT2D eigenvalue weighted by Gasteiger charge is -2.14. The van der Waals surface area contributed by atoms with Gasteiger partial charge < -0.3 is 30.7 Å². The molecule has 30 heavy (non-hydrogen) atoms. The first-order valence-electron chi connectivity index (χ1n) is 9.89. The Balaban J connectivity index is 2.03. The Morgan fingerprint density at radius 1 is 0.967 bits per heavy atom. The molecule has 2 amide bonds. The van der Waals surface area contributed by atoms with Crippen LogP contribution in [-0.2, 0) is 6.54 Å². The van der Waals surface area contributed by atoms with Crippen molar-refractivity contribution >= 4 is 23.4 Å². The number of methoxy groups -OCH3 is 2. The minimum absolute atomic E-state index is 0.0845. The molecular formula is C22H31N5O3. The molecule has 8 heteroatoms. The number of hydrogen-bond acceptors (Lipinski definition) is 4. The van der Waals surface area contributed by atoms with Gasteiger partial charge in [-0.05, 0) is 50.6 Å². The number of aliphatic imine (C=N–C) groups is 1. The molecule has 2 rings (SSSR count). The van der Waals surface area contributed by atoms with Gasteiger partial charge in [-0.25, -0.2) is 9.79 Å². The Hall–Kier alpha value is -3.42. The summed E-state index contributed by atoms with van der Waals surface area (Å²) in [5.74, 6) is 1.96. The first-order chi connectivity index (χ1) is 14.4. The van der Waals surface area contributed by atoms with E-state index in [2.05, 4.69) is 26.3 Å². The zero-order chi connectivity index (χ0) is 21.9. The molecule has 0 aliphatic heterocycles. The molecule has 0 heterocycles. The molecule has 4 N–H and O–H groups in total. The first-order valence-corrected chi connectivity index (χ1v) is 9.89. The van der Waals surface area contributed by atoms with Gasteiger partial charge in [-0.3, -0.25) is 0 Å². The summed E-state index contributed by atoms with van der Waals surface area (Å²) in [6.07, 6.45) is 0. The number of nitrogens with zero attached hydrogens (tertiary/aromatic N) is 1. The lowest BCUT2D eigenvalue weighted by Crippen LogP contribution is -2.34. The SMILES string of the molecule is CCNC(=NCc1ccc(NC(=O)NC(C)C)cc1)Nc1ccc(OC)c(OC)c1. The van der Waals surface area contributed by atoms with E-state index in [4.69, 9.17) is 9.47 Å². The third-order valence-corrected chi connectivity index (χ3v) is 4.04. The fourth-order valence-electron chi connectivity index (χ4n) is 2.65. The third kappa shape index (κ3) is 7.20. The van der Waals surface area contributed by atoms with Crippen molar-refractivity contribution in [1.29, 1.82) is 0 Å². The maximum atomic E-state index is 11.8. The quantitative estimate of drug-likeness (QED) is 0.390. The zero-order valence-corrected chi connectivity index (χ0v) is 18.2. The van der Waals surface area contributed by atoms with Crippen molar-refractivity contribution in [3.8, 4) is 11.5 Å². The fourth-order valence-corrected chi connectivity index (χ4v) is 2.65. The summed E-state index contributed by atoms with van der Waals surface area (Å²) < 4.78 is 10.6. The molecule has 0 unspecified atom stereocenters. The van der Waals surface area contributed by atoms with Crippen LogP contribution in [0.3, 0.4) is 0 Å². The van der Waals surface area contributed by atoms with Crippen molar-refractivity contribution in [2.24, 2.45) is 4.99 Å². The third-order valence-electron chi connectivity index (χ3n) is 4.04. The van der Waals surface area contributed by atoms with Crippen LogP contribution in [0, 0.1) is 0 Å². The highest BCUT2D eigenvalue weighted by Crippen LogP contribution is 2.29. The van der Waals surface area contributed by atoms with Gasteiger partial charge in [0, 0.05) is 30.0 Å². The van der Waals surface area contributed by atoms with Gasteiger partial charge in [0.1, 0.15) is 0 Å². The van der Waals surface area contributed by atoms with E-state index >= 15 is 0 Å². The van der Waals surface area contributed by atoms with Crippen molar-refractivity contribution in [2.45, 2.75) is 33.4 Å². The molecular weight excluding hydrogens is 382 g/mol. The second kappa shape index (κ2) is 11.5. The predicted molar refractivity (Wildman–Crippen MR) is 122 cm³/mol. The molecule has 0 fully saturated rings. The van der Waals surface area contributed by atoms with Crippen LogP contribution in [0.2, 0.25) is 0 Å². The second-order valence-electron chi connectivity index (χ2n) is 6.84. The number of amides is 2. The molecule has 0 saturated carbocycles. The fraction of sp³-hybridized carbons (Fsp3) is 0.364. The van der Waals surface area contributed by atoms with Crippen LogP contribution >= 0.6 is 0 Å². The van der Waals surface area contributed by atoms with Crippen molar-refractivity contribution in [3.63, 3.8) is 0 Å². The second-order valence-corrected chi connectivity index (χ2v) is 6.84. The van der Waals surface area contributed by atoms with Crippen molar-refractivity contribution < 1.29 is 14.3 Å². The van der Waals surface area contributed by atoms with Gasteiger partial charge in [0.25, 0.3) is 0 Å². The highest BCUT2D eigenvalue weighted by Gasteiger charge is 2.07. The Labute approximate surface area is 178 Å². The average Bonchev–Trinajstić information content (AvgIpc) is 2.72. The highest BCUT2D eigenvalue weighted by atomic mass is 16.5. The molecule has 8 nitrogen and oxygen atoms in total. The maximum Gasteiger partial charge on any atom is 0.319 e. The van der Waals surface area contributed by atoms with E-state index in [1.165, 1.54) is 0 Å². The van der Waals surface area contributed by atoms with Gasteiger partial charge in [-0.1, -0.05) is 12.1 Å². The number of anilines is 2. The number of guanidine groups is 1. The Morgan fingerprint density at radius 3 is 2.23 bits per heavy atom. The predicted octanol–water partition coefficient (Wildman–Crippen LogP) is 3.81. The monoisotopic (exact) mass is 413 g/mol. The summed E-state index contributed by atoms with van der Waals surface area (Å²) >= 11 is 0. The van der Waals surface area contributed by atoms with Gasteiger partial charge in [-0.2, -0.15) is 0 Å². The minimum atomic E-state index is -0.218. The summed E-state index contributed by atoms with van der Waals surface area (Å²) in [5.41, 5.74) is 2.59. The lowest BCUT2D eigenvalue weighted by atomic mass is 10.2. The highest BCUT2D eigenvalue weighted by molar-refractivity contribution is 5.94. The molecule has 0 saturated heterocycles. The Bertz CT molecular complexity index is 850. The van der Waals surface area contributed by atoms with Gasteiger partial charge in [0.15, 0.2) is 17.5 Å². The summed E-state index contributed by atoms with van der Waals surface area (Å²) in [6.45, 7) is 7.06. The number of carbonyl (C=O) groups excluding carboxylic acids is 1. The number of nitrogens with one attached hydrogen (secondary N) is 4. The number of ether oxygens (including phenoxy) is 2. The van der Waals surface area contributed by atoms with Crippen LogP contribution in [0.5, 0.6) is 11.5 Å². The summed E-state index contributed by atoms with van der Waals surface area (Å²) in [4.78, 5) is 16.4. The van der Waals surface area contributed by atoms with E-state index in [1.807, 2.05) is 63.2 Å². The van der Waals surface area contributed by atoms with E-state index < -0.39 is 0 Å². The van der Waals surface area contributed by atoms with Crippen LogP contribution in [0.15, 0.2) is 47.5 Å². The largest absolute Gasteiger partial charge is 0.493 e. The summed E-state index contributed by atoms with van der Waals surface area (Å²) in [6, 6.07) is 13.1. The van der Waals surface area contributed by atoms with Gasteiger partial charge in [0.2, 0.25) is 0 Å². The number of rotatable bonds is 8. The average molecular weight is 414 g/mol. The number of benzene rings is 2. The molecule has 162 valence electrons. The molecule has 0 aliphatic carbocycles. The van der Waals surface area contributed by atoms with E-state index in [0.29, 0.717) is 24.0 Å². The Kier molecular flexibility index (Phi) is 8.80. The molecule has 0 bridgehead atoms. The van der Waals surface area contributed by atoms with Crippen LogP contribution in [-0.4, -0.2) is 38.8 Å².